The fraction of sp³-hybridized carbons (Fsp3) is 0.364. The number of hydrogen-bond acceptors (Lipinski definition) is 2. The van der Waals surface area contributed by atoms with Crippen molar-refractivity contribution < 1.29 is 9.53 Å². The summed E-state index contributed by atoms with van der Waals surface area (Å²) in [7, 11) is 0. The topological polar surface area (TPSA) is 26.3 Å². The van der Waals surface area contributed by atoms with Gasteiger partial charge in [0.05, 0.1) is 5.92 Å². The van der Waals surface area contributed by atoms with Gasteiger partial charge in [-0.25, -0.2) is 0 Å². The van der Waals surface area contributed by atoms with E-state index in [9.17, 15) is 4.79 Å². The summed E-state index contributed by atoms with van der Waals surface area (Å²) in [4.78, 5) is 11.2. The predicted octanol–water partition coefficient (Wildman–Crippen LogP) is 2.96. The summed E-state index contributed by atoms with van der Waals surface area (Å²) < 4.78 is 5.22. The van der Waals surface area contributed by atoms with Crippen molar-refractivity contribution >= 4 is 17.6 Å². The molecular weight excluding hydrogens is 200 g/mol. The zero-order valence-electron chi connectivity index (χ0n) is 7.87. The Bertz CT molecular complexity index is 345. The number of halogens is 1. The Morgan fingerprint density at radius 2 is 2.00 bits per heavy atom. The Labute approximate surface area is 87.8 Å². The lowest BCUT2D eigenvalue weighted by molar-refractivity contribution is -0.144. The van der Waals surface area contributed by atoms with Gasteiger partial charge >= 0.3 is 5.97 Å². The molecule has 0 radical (unpaired) electrons. The first-order valence-electron chi connectivity index (χ1n) is 4.63. The van der Waals surface area contributed by atoms with Crippen LogP contribution in [0.25, 0.3) is 0 Å². The van der Waals surface area contributed by atoms with E-state index in [0.717, 1.165) is 12.0 Å². The molecule has 0 aromatic heterocycles. The number of cyclic esters (lactones) is 1. The van der Waals surface area contributed by atoms with Gasteiger partial charge in [-0.15, -0.1) is 0 Å². The van der Waals surface area contributed by atoms with Crippen LogP contribution in [0.5, 0.6) is 0 Å². The fourth-order valence-electron chi connectivity index (χ4n) is 1.60. The maximum absolute atomic E-state index is 11.2. The van der Waals surface area contributed by atoms with Gasteiger partial charge in [-0.1, -0.05) is 30.7 Å². The molecule has 2 unspecified atom stereocenters. The smallest absolute Gasteiger partial charge is 0.309 e. The average Bonchev–Trinajstić information content (AvgIpc) is 2.48. The third kappa shape index (κ3) is 1.75. The molecule has 3 heteroatoms. The summed E-state index contributed by atoms with van der Waals surface area (Å²) >= 11 is 5.77. The number of ether oxygens (including phenoxy) is 1. The molecule has 0 aliphatic carbocycles. The highest BCUT2D eigenvalue weighted by molar-refractivity contribution is 6.30. The first-order valence-corrected chi connectivity index (χ1v) is 5.00. The van der Waals surface area contributed by atoms with Gasteiger partial charge in [0.25, 0.3) is 0 Å². The van der Waals surface area contributed by atoms with E-state index >= 15 is 0 Å². The Morgan fingerprint density at radius 3 is 2.50 bits per heavy atom. The molecular formula is C11H11ClO2. The summed E-state index contributed by atoms with van der Waals surface area (Å²) in [5.74, 6) is -0.0966. The highest BCUT2D eigenvalue weighted by Gasteiger charge is 2.31. The highest BCUT2D eigenvalue weighted by atomic mass is 35.5. The number of carbonyl (C=O) groups excluding carboxylic acids is 1. The third-order valence-electron chi connectivity index (χ3n) is 2.47. The van der Waals surface area contributed by atoms with E-state index in [1.165, 1.54) is 0 Å². The summed E-state index contributed by atoms with van der Waals surface area (Å²) in [5, 5.41) is 0.700. The van der Waals surface area contributed by atoms with Crippen molar-refractivity contribution in [2.75, 3.05) is 0 Å². The minimum absolute atomic E-state index is 0.00989. The molecule has 14 heavy (non-hydrogen) atoms. The van der Waals surface area contributed by atoms with E-state index in [1.54, 1.807) is 0 Å². The maximum Gasteiger partial charge on any atom is 0.309 e. The summed E-state index contributed by atoms with van der Waals surface area (Å²) in [6.45, 7) is 1.89. The van der Waals surface area contributed by atoms with Gasteiger partial charge in [0.15, 0.2) is 0 Å². The van der Waals surface area contributed by atoms with Crippen LogP contribution in [0.3, 0.4) is 0 Å². The van der Waals surface area contributed by atoms with Crippen LogP contribution in [0.15, 0.2) is 24.3 Å². The van der Waals surface area contributed by atoms with E-state index in [4.69, 9.17) is 16.3 Å². The molecule has 0 saturated carbocycles. The summed E-state index contributed by atoms with van der Waals surface area (Å²) in [6, 6.07) is 7.43. The second-order valence-electron chi connectivity index (χ2n) is 3.61. The van der Waals surface area contributed by atoms with Crippen molar-refractivity contribution in [2.24, 2.45) is 5.92 Å². The SMILES string of the molecule is CC1CC(c2ccc(Cl)cc2)OC1=O. The minimum Gasteiger partial charge on any atom is -0.457 e. The molecule has 0 amide bonds. The van der Waals surface area contributed by atoms with Gasteiger partial charge in [0.2, 0.25) is 0 Å². The molecule has 1 aromatic rings. The van der Waals surface area contributed by atoms with Crippen LogP contribution in [0.1, 0.15) is 25.0 Å². The number of rotatable bonds is 1. The van der Waals surface area contributed by atoms with Gasteiger partial charge in [0.1, 0.15) is 6.10 Å². The molecule has 1 aliphatic rings. The van der Waals surface area contributed by atoms with E-state index in [-0.39, 0.29) is 18.0 Å². The van der Waals surface area contributed by atoms with Crippen LogP contribution in [-0.2, 0) is 9.53 Å². The van der Waals surface area contributed by atoms with Crippen molar-refractivity contribution in [3.8, 4) is 0 Å². The molecule has 1 fully saturated rings. The number of carbonyl (C=O) groups is 1. The first-order chi connectivity index (χ1) is 6.66. The maximum atomic E-state index is 11.2. The minimum atomic E-state index is -0.107. The van der Waals surface area contributed by atoms with Crippen LogP contribution in [0.2, 0.25) is 5.02 Å². The summed E-state index contributed by atoms with van der Waals surface area (Å²) in [6.07, 6.45) is 0.676. The second kappa shape index (κ2) is 3.62. The normalized spacial score (nSPS) is 26.3. The molecule has 2 rings (SSSR count). The van der Waals surface area contributed by atoms with Gasteiger partial charge in [0, 0.05) is 11.4 Å². The first kappa shape index (κ1) is 9.53. The zero-order chi connectivity index (χ0) is 10.1. The van der Waals surface area contributed by atoms with Gasteiger partial charge in [-0.3, -0.25) is 4.79 Å². The molecule has 2 atom stereocenters. The second-order valence-corrected chi connectivity index (χ2v) is 4.05. The third-order valence-corrected chi connectivity index (χ3v) is 2.72. The summed E-state index contributed by atoms with van der Waals surface area (Å²) in [5.41, 5.74) is 1.02. The molecule has 1 aliphatic heterocycles. The lowest BCUT2D eigenvalue weighted by Gasteiger charge is -2.08. The highest BCUT2D eigenvalue weighted by Crippen LogP contribution is 2.33. The predicted molar refractivity (Wildman–Crippen MR) is 54.1 cm³/mol. The molecule has 0 spiro atoms. The van der Waals surface area contributed by atoms with Gasteiger partial charge < -0.3 is 4.74 Å². The van der Waals surface area contributed by atoms with Crippen molar-refractivity contribution in [3.05, 3.63) is 34.9 Å². The average molecular weight is 211 g/mol. The van der Waals surface area contributed by atoms with E-state index in [0.29, 0.717) is 5.02 Å². The zero-order valence-corrected chi connectivity index (χ0v) is 8.62. The molecule has 74 valence electrons. The van der Waals surface area contributed by atoms with Crippen LogP contribution in [-0.4, -0.2) is 5.97 Å². The Hall–Kier alpha value is -1.02. The Morgan fingerprint density at radius 1 is 1.36 bits per heavy atom. The van der Waals surface area contributed by atoms with Crippen LogP contribution in [0.4, 0.5) is 0 Å². The van der Waals surface area contributed by atoms with Crippen molar-refractivity contribution in [3.63, 3.8) is 0 Å². The molecule has 0 bridgehead atoms. The van der Waals surface area contributed by atoms with E-state index in [2.05, 4.69) is 0 Å². The van der Waals surface area contributed by atoms with Crippen molar-refractivity contribution in [1.29, 1.82) is 0 Å². The van der Waals surface area contributed by atoms with E-state index < -0.39 is 0 Å². The van der Waals surface area contributed by atoms with Crippen molar-refractivity contribution in [1.82, 2.24) is 0 Å². The van der Waals surface area contributed by atoms with Crippen LogP contribution < -0.4 is 0 Å². The molecule has 2 nitrogen and oxygen atoms in total. The van der Waals surface area contributed by atoms with Crippen LogP contribution in [0, 0.1) is 5.92 Å². The molecule has 1 saturated heterocycles. The van der Waals surface area contributed by atoms with E-state index in [1.807, 2.05) is 31.2 Å². The lowest BCUT2D eigenvalue weighted by atomic mass is 10.0. The number of esters is 1. The number of hydrogen-bond donors (Lipinski definition) is 0. The van der Waals surface area contributed by atoms with Gasteiger partial charge in [-0.05, 0) is 17.7 Å². The Balaban J connectivity index is 2.17. The standard InChI is InChI=1S/C11H11ClO2/c1-7-6-10(14-11(7)13)8-2-4-9(12)5-3-8/h2-5,7,10H,6H2,1H3. The lowest BCUT2D eigenvalue weighted by Crippen LogP contribution is -2.01. The monoisotopic (exact) mass is 210 g/mol. The van der Waals surface area contributed by atoms with Gasteiger partial charge in [-0.2, -0.15) is 0 Å². The van der Waals surface area contributed by atoms with Crippen molar-refractivity contribution in [2.45, 2.75) is 19.4 Å². The largest absolute Gasteiger partial charge is 0.457 e. The Kier molecular flexibility index (Phi) is 2.46. The number of benzene rings is 1. The molecule has 1 heterocycles. The van der Waals surface area contributed by atoms with Crippen LogP contribution >= 0.6 is 11.6 Å². The molecule has 0 N–H and O–H groups in total. The molecule has 1 aromatic carbocycles. The quantitative estimate of drug-likeness (QED) is 0.667. The fourth-order valence-corrected chi connectivity index (χ4v) is 1.73.